The van der Waals surface area contributed by atoms with Crippen LogP contribution in [0.2, 0.25) is 5.02 Å². The van der Waals surface area contributed by atoms with Crippen molar-refractivity contribution in [1.82, 2.24) is 15.2 Å². The second-order valence-electron chi connectivity index (χ2n) is 7.27. The molecule has 3 heterocycles. The number of hydrogen-bond acceptors (Lipinski definition) is 7. The van der Waals surface area contributed by atoms with E-state index in [9.17, 15) is 4.79 Å². The number of para-hydroxylation sites is 1. The molecule has 1 amide bonds. The van der Waals surface area contributed by atoms with Gasteiger partial charge in [0.05, 0.1) is 5.69 Å². The highest BCUT2D eigenvalue weighted by molar-refractivity contribution is 7.98. The number of carbonyl (C=O) groups excluding carboxylic acids is 1. The van der Waals surface area contributed by atoms with E-state index in [0.29, 0.717) is 44.5 Å². The fraction of sp³-hybridized carbons (Fsp3) is 0.167. The molecule has 1 atom stereocenters. The second kappa shape index (κ2) is 8.88. The molecule has 0 N–H and O–H groups in total. The van der Waals surface area contributed by atoms with Crippen molar-refractivity contribution >= 4 is 35.0 Å². The topological polar surface area (TPSA) is 81.4 Å². The van der Waals surface area contributed by atoms with E-state index in [1.54, 1.807) is 17.0 Å². The Morgan fingerprint density at radius 1 is 1.09 bits per heavy atom. The van der Waals surface area contributed by atoms with Gasteiger partial charge in [-0.05, 0) is 48.7 Å². The Morgan fingerprint density at radius 3 is 2.64 bits per heavy atom. The van der Waals surface area contributed by atoms with E-state index in [2.05, 4.69) is 15.2 Å². The third-order valence-electron chi connectivity index (χ3n) is 5.26. The molecule has 0 unspecified atom stereocenters. The predicted octanol–water partition coefficient (Wildman–Crippen LogP) is 6.01. The van der Waals surface area contributed by atoms with Gasteiger partial charge in [0.1, 0.15) is 5.76 Å². The summed E-state index contributed by atoms with van der Waals surface area (Å²) < 4.78 is 12.5. The van der Waals surface area contributed by atoms with Crippen LogP contribution in [0.25, 0.3) is 22.6 Å². The summed E-state index contributed by atoms with van der Waals surface area (Å²) in [6.45, 7) is 1.81. The number of anilines is 1. The molecule has 0 radical (unpaired) electrons. The monoisotopic (exact) mass is 478 g/mol. The molecule has 0 saturated heterocycles. The van der Waals surface area contributed by atoms with Gasteiger partial charge in [-0.25, -0.2) is 0 Å². The average molecular weight is 479 g/mol. The molecule has 2 aromatic heterocycles. The second-order valence-corrected chi connectivity index (χ2v) is 8.48. The minimum absolute atomic E-state index is 0.122. The number of fused-ring (bicyclic) bond motifs is 3. The number of rotatable bonds is 4. The Morgan fingerprint density at radius 2 is 1.88 bits per heavy atom. The van der Waals surface area contributed by atoms with Crippen LogP contribution >= 0.6 is 23.4 Å². The molecule has 33 heavy (non-hydrogen) atoms. The molecule has 0 saturated carbocycles. The molecule has 9 heteroatoms. The maximum atomic E-state index is 13.2. The van der Waals surface area contributed by atoms with Crippen molar-refractivity contribution in [2.24, 2.45) is 0 Å². The summed E-state index contributed by atoms with van der Waals surface area (Å²) in [6.07, 6.45) is 1.28. The lowest BCUT2D eigenvalue weighted by Gasteiger charge is -2.29. The van der Waals surface area contributed by atoms with Gasteiger partial charge in [-0.15, -0.1) is 10.2 Å². The smallest absolute Gasteiger partial charge is 0.247 e. The number of benzene rings is 2. The Kier molecular flexibility index (Phi) is 5.78. The first kappa shape index (κ1) is 21.5. The number of carbonyl (C=O) groups is 1. The van der Waals surface area contributed by atoms with E-state index in [4.69, 9.17) is 20.8 Å². The van der Waals surface area contributed by atoms with E-state index in [-0.39, 0.29) is 12.3 Å². The SMILES string of the molecule is CCC(=O)N1c2ccccc2-c2nnc(SC)nc2O[C@H]1c1ccc(-c2ccc(Cl)cc2)o1. The van der Waals surface area contributed by atoms with Gasteiger partial charge in [0.15, 0.2) is 11.5 Å². The molecular weight excluding hydrogens is 460 g/mol. The standard InChI is InChI=1S/C24H19ClN4O3S/c1-3-20(30)29-17-7-5-4-6-16(17)21-22(26-24(33-2)28-27-21)32-23(29)19-13-12-18(31-19)14-8-10-15(25)11-9-14/h4-13,23H,3H2,1-2H3/t23-/m0/s1. The molecule has 0 aliphatic carbocycles. The van der Waals surface area contributed by atoms with Gasteiger partial charge in [-0.3, -0.25) is 9.69 Å². The number of furan rings is 1. The molecule has 4 aromatic rings. The van der Waals surface area contributed by atoms with Gasteiger partial charge >= 0.3 is 0 Å². The molecular formula is C24H19ClN4O3S. The number of thioether (sulfide) groups is 1. The maximum absolute atomic E-state index is 13.2. The van der Waals surface area contributed by atoms with Gasteiger partial charge in [-0.1, -0.05) is 48.5 Å². The van der Waals surface area contributed by atoms with Crippen molar-refractivity contribution in [2.75, 3.05) is 11.2 Å². The Labute approximate surface area is 199 Å². The molecule has 2 aromatic carbocycles. The lowest BCUT2D eigenvalue weighted by Crippen LogP contribution is -2.37. The third-order valence-corrected chi connectivity index (χ3v) is 6.05. The number of ether oxygens (including phenoxy) is 1. The number of aromatic nitrogens is 3. The van der Waals surface area contributed by atoms with E-state index in [0.717, 1.165) is 5.56 Å². The summed E-state index contributed by atoms with van der Waals surface area (Å²) in [6, 6.07) is 18.5. The van der Waals surface area contributed by atoms with E-state index in [1.807, 2.05) is 61.7 Å². The average Bonchev–Trinajstić information content (AvgIpc) is 3.29. The first-order valence-corrected chi connectivity index (χ1v) is 11.9. The molecule has 5 rings (SSSR count). The summed E-state index contributed by atoms with van der Waals surface area (Å²) in [4.78, 5) is 19.3. The molecule has 0 spiro atoms. The van der Waals surface area contributed by atoms with Crippen molar-refractivity contribution in [1.29, 1.82) is 0 Å². The predicted molar refractivity (Wildman–Crippen MR) is 127 cm³/mol. The summed E-state index contributed by atoms with van der Waals surface area (Å²) in [5.41, 5.74) is 2.71. The van der Waals surface area contributed by atoms with Crippen LogP contribution in [0.15, 0.2) is 70.2 Å². The quantitative estimate of drug-likeness (QED) is 0.332. The lowest BCUT2D eigenvalue weighted by atomic mass is 10.1. The van der Waals surface area contributed by atoms with Crippen LogP contribution in [0.1, 0.15) is 25.3 Å². The number of amides is 1. The highest BCUT2D eigenvalue weighted by Crippen LogP contribution is 2.44. The highest BCUT2D eigenvalue weighted by atomic mass is 35.5. The molecule has 7 nitrogen and oxygen atoms in total. The van der Waals surface area contributed by atoms with Gasteiger partial charge < -0.3 is 9.15 Å². The van der Waals surface area contributed by atoms with Crippen LogP contribution in [-0.2, 0) is 4.79 Å². The van der Waals surface area contributed by atoms with Gasteiger partial charge in [0.25, 0.3) is 0 Å². The lowest BCUT2D eigenvalue weighted by molar-refractivity contribution is -0.120. The zero-order chi connectivity index (χ0) is 22.9. The largest absolute Gasteiger partial charge is 0.455 e. The highest BCUT2D eigenvalue weighted by Gasteiger charge is 2.37. The number of halogens is 1. The zero-order valence-electron chi connectivity index (χ0n) is 17.9. The van der Waals surface area contributed by atoms with E-state index >= 15 is 0 Å². The van der Waals surface area contributed by atoms with E-state index < -0.39 is 6.23 Å². The van der Waals surface area contributed by atoms with Crippen LogP contribution in [0, 0.1) is 0 Å². The van der Waals surface area contributed by atoms with Crippen LogP contribution in [0.5, 0.6) is 5.88 Å². The van der Waals surface area contributed by atoms with Crippen molar-refractivity contribution in [2.45, 2.75) is 24.7 Å². The molecule has 166 valence electrons. The first-order chi connectivity index (χ1) is 16.1. The fourth-order valence-corrected chi connectivity index (χ4v) is 4.10. The van der Waals surface area contributed by atoms with Crippen LogP contribution in [0.3, 0.4) is 0 Å². The molecule has 1 aliphatic rings. The normalized spacial score (nSPS) is 14.8. The Bertz CT molecular complexity index is 1330. The first-order valence-electron chi connectivity index (χ1n) is 10.3. The molecule has 0 bridgehead atoms. The zero-order valence-corrected chi connectivity index (χ0v) is 19.4. The minimum Gasteiger partial charge on any atom is -0.455 e. The van der Waals surface area contributed by atoms with Gasteiger partial charge in [0.2, 0.25) is 23.2 Å². The number of hydrogen-bond donors (Lipinski definition) is 0. The third kappa shape index (κ3) is 3.96. The summed E-state index contributed by atoms with van der Waals surface area (Å²) >= 11 is 7.38. The van der Waals surface area contributed by atoms with Gasteiger partial charge in [0, 0.05) is 22.6 Å². The van der Waals surface area contributed by atoms with E-state index in [1.165, 1.54) is 11.8 Å². The Hall–Kier alpha value is -3.36. The molecule has 1 aliphatic heterocycles. The van der Waals surface area contributed by atoms with Crippen LogP contribution in [0.4, 0.5) is 5.69 Å². The summed E-state index contributed by atoms with van der Waals surface area (Å²) in [7, 11) is 0. The summed E-state index contributed by atoms with van der Waals surface area (Å²) in [5.74, 6) is 1.27. The van der Waals surface area contributed by atoms with Crippen molar-refractivity contribution in [3.63, 3.8) is 0 Å². The fourth-order valence-electron chi connectivity index (χ4n) is 3.68. The van der Waals surface area contributed by atoms with Crippen molar-refractivity contribution < 1.29 is 13.9 Å². The van der Waals surface area contributed by atoms with Crippen LogP contribution < -0.4 is 9.64 Å². The van der Waals surface area contributed by atoms with Gasteiger partial charge in [-0.2, -0.15) is 4.98 Å². The summed E-state index contributed by atoms with van der Waals surface area (Å²) in [5, 5.41) is 9.65. The van der Waals surface area contributed by atoms with Crippen molar-refractivity contribution in [3.8, 4) is 28.5 Å². The van der Waals surface area contributed by atoms with Crippen LogP contribution in [-0.4, -0.2) is 27.3 Å². The van der Waals surface area contributed by atoms with Crippen molar-refractivity contribution in [3.05, 3.63) is 71.4 Å². The minimum atomic E-state index is -0.868. The Balaban J connectivity index is 1.67. The number of nitrogens with zero attached hydrogens (tertiary/aromatic N) is 4. The maximum Gasteiger partial charge on any atom is 0.247 e. The molecule has 0 fully saturated rings.